The third-order valence-electron chi connectivity index (χ3n) is 2.08. The van der Waals surface area contributed by atoms with Gasteiger partial charge in [-0.1, -0.05) is 16.8 Å². The quantitative estimate of drug-likeness (QED) is 0.250. The van der Waals surface area contributed by atoms with Gasteiger partial charge < -0.3 is 16.3 Å². The molecule has 1 unspecified atom stereocenters. The minimum atomic E-state index is -0.553. The van der Waals surface area contributed by atoms with Gasteiger partial charge in [0.2, 0.25) is 0 Å². The average molecular weight is 368 g/mol. The van der Waals surface area contributed by atoms with Crippen LogP contribution in [0.25, 0.3) is 0 Å². The van der Waals surface area contributed by atoms with E-state index in [2.05, 4.69) is 10.5 Å². The van der Waals surface area contributed by atoms with Crippen LogP contribution in [0.4, 0.5) is 0 Å². The van der Waals surface area contributed by atoms with Crippen LogP contribution < -0.4 is 11.1 Å². The molecule has 1 aromatic carbocycles. The van der Waals surface area contributed by atoms with E-state index >= 15 is 0 Å². The van der Waals surface area contributed by atoms with Crippen molar-refractivity contribution in [2.45, 2.75) is 13.0 Å². The van der Waals surface area contributed by atoms with Gasteiger partial charge in [0.1, 0.15) is 0 Å². The topological polar surface area (TPSA) is 87.7 Å². The summed E-state index contributed by atoms with van der Waals surface area (Å²) in [5, 5.41) is 14.4. The summed E-state index contributed by atoms with van der Waals surface area (Å²) < 4.78 is 0.774. The van der Waals surface area contributed by atoms with Crippen LogP contribution in [0.2, 0.25) is 5.02 Å². The molecule has 0 aliphatic carbocycles. The lowest BCUT2D eigenvalue weighted by Gasteiger charge is -2.13. The predicted octanol–water partition coefficient (Wildman–Crippen LogP) is 1.81. The second kappa shape index (κ2) is 6.06. The number of amides is 1. The summed E-state index contributed by atoms with van der Waals surface area (Å²) in [6.07, 6.45) is 0. The summed E-state index contributed by atoms with van der Waals surface area (Å²) in [5.74, 6) is -0.383. The number of hydrogen-bond donors (Lipinski definition) is 3. The smallest absolute Gasteiger partial charge is 0.252 e. The van der Waals surface area contributed by atoms with Crippen LogP contribution in [0.3, 0.4) is 0 Å². The molecule has 0 spiro atoms. The average Bonchev–Trinajstić information content (AvgIpc) is 2.30. The van der Waals surface area contributed by atoms with Gasteiger partial charge in [0.05, 0.1) is 11.6 Å². The first kappa shape index (κ1) is 14.0. The molecule has 0 fully saturated rings. The highest BCUT2D eigenvalue weighted by Gasteiger charge is 2.15. The van der Waals surface area contributed by atoms with Gasteiger partial charge in [-0.15, -0.1) is 0 Å². The summed E-state index contributed by atoms with van der Waals surface area (Å²) in [5.41, 5.74) is 5.82. The fraction of sp³-hybridized carbons (Fsp3) is 0.200. The fourth-order valence-electron chi connectivity index (χ4n) is 1.11. The SMILES string of the molecule is CC(NC(=O)c1cc(Cl)ccc1I)/C(N)=N/O. The molecule has 1 aromatic rings. The van der Waals surface area contributed by atoms with Crippen LogP contribution in [-0.4, -0.2) is 23.0 Å². The lowest BCUT2D eigenvalue weighted by atomic mass is 10.2. The van der Waals surface area contributed by atoms with Crippen LogP contribution in [0, 0.1) is 3.57 Å². The van der Waals surface area contributed by atoms with Gasteiger partial charge in [-0.25, -0.2) is 0 Å². The first-order valence-electron chi connectivity index (χ1n) is 4.69. The maximum atomic E-state index is 11.9. The molecule has 0 radical (unpaired) electrons. The molecule has 4 N–H and O–H groups in total. The van der Waals surface area contributed by atoms with Crippen molar-refractivity contribution < 1.29 is 10.0 Å². The number of carbonyl (C=O) groups is 1. The van der Waals surface area contributed by atoms with Gasteiger partial charge in [0, 0.05) is 8.59 Å². The van der Waals surface area contributed by atoms with Gasteiger partial charge in [-0.3, -0.25) is 4.79 Å². The number of hydrogen-bond acceptors (Lipinski definition) is 3. The number of carbonyl (C=O) groups excluding carboxylic acids is 1. The minimum absolute atomic E-state index is 0.0598. The normalized spacial score (nSPS) is 13.2. The lowest BCUT2D eigenvalue weighted by Crippen LogP contribution is -2.42. The van der Waals surface area contributed by atoms with Crippen molar-refractivity contribution >= 4 is 45.9 Å². The summed E-state index contributed by atoms with van der Waals surface area (Å²) >= 11 is 7.85. The number of nitrogens with one attached hydrogen (secondary N) is 1. The molecule has 5 nitrogen and oxygen atoms in total. The van der Waals surface area contributed by atoms with Crippen LogP contribution in [0.1, 0.15) is 17.3 Å². The number of halogens is 2. The lowest BCUT2D eigenvalue weighted by molar-refractivity contribution is 0.0947. The zero-order chi connectivity index (χ0) is 13.0. The number of rotatable bonds is 3. The third-order valence-corrected chi connectivity index (χ3v) is 3.26. The van der Waals surface area contributed by atoms with Crippen LogP contribution in [0.5, 0.6) is 0 Å². The largest absolute Gasteiger partial charge is 0.409 e. The molecule has 0 saturated carbocycles. The van der Waals surface area contributed by atoms with E-state index in [0.29, 0.717) is 10.6 Å². The van der Waals surface area contributed by atoms with Crippen molar-refractivity contribution in [2.24, 2.45) is 10.9 Å². The Hall–Kier alpha value is -1.02. The second-order valence-corrected chi connectivity index (χ2v) is 4.94. The van der Waals surface area contributed by atoms with Crippen LogP contribution >= 0.6 is 34.2 Å². The number of nitrogens with two attached hydrogens (primary N) is 1. The molecule has 0 aliphatic heterocycles. The van der Waals surface area contributed by atoms with E-state index in [0.717, 1.165) is 3.57 Å². The van der Waals surface area contributed by atoms with Crippen molar-refractivity contribution in [3.63, 3.8) is 0 Å². The molecule has 0 saturated heterocycles. The summed E-state index contributed by atoms with van der Waals surface area (Å²) in [7, 11) is 0. The van der Waals surface area contributed by atoms with Crippen molar-refractivity contribution in [3.8, 4) is 0 Å². The predicted molar refractivity (Wildman–Crippen MR) is 74.5 cm³/mol. The van der Waals surface area contributed by atoms with E-state index in [1.54, 1.807) is 25.1 Å². The van der Waals surface area contributed by atoms with E-state index in [1.165, 1.54) is 0 Å². The summed E-state index contributed by atoms with van der Waals surface area (Å²) in [6, 6.07) is 4.46. The molecule has 17 heavy (non-hydrogen) atoms. The number of amidine groups is 1. The van der Waals surface area contributed by atoms with Crippen molar-refractivity contribution in [1.29, 1.82) is 0 Å². The Bertz CT molecular complexity index is 465. The Morgan fingerprint density at radius 1 is 1.65 bits per heavy atom. The Morgan fingerprint density at radius 3 is 2.88 bits per heavy atom. The zero-order valence-electron chi connectivity index (χ0n) is 8.95. The Balaban J connectivity index is 2.87. The van der Waals surface area contributed by atoms with E-state index in [9.17, 15) is 4.79 Å². The Morgan fingerprint density at radius 2 is 2.29 bits per heavy atom. The molecule has 92 valence electrons. The van der Waals surface area contributed by atoms with Gasteiger partial charge in [0.25, 0.3) is 5.91 Å². The standard InChI is InChI=1S/C10H11ClIN3O2/c1-5(9(13)15-17)14-10(16)7-4-6(11)2-3-8(7)12/h2-5,17H,1H3,(H2,13,15)(H,14,16). The maximum absolute atomic E-state index is 11.9. The van der Waals surface area contributed by atoms with E-state index < -0.39 is 6.04 Å². The highest BCUT2D eigenvalue weighted by Crippen LogP contribution is 2.17. The van der Waals surface area contributed by atoms with Crippen molar-refractivity contribution in [2.75, 3.05) is 0 Å². The van der Waals surface area contributed by atoms with E-state index in [-0.39, 0.29) is 11.7 Å². The van der Waals surface area contributed by atoms with Gasteiger partial charge in [-0.05, 0) is 47.7 Å². The highest BCUT2D eigenvalue weighted by molar-refractivity contribution is 14.1. The zero-order valence-corrected chi connectivity index (χ0v) is 11.9. The molecular weight excluding hydrogens is 356 g/mol. The molecular formula is C10H11ClIN3O2. The molecule has 7 heteroatoms. The van der Waals surface area contributed by atoms with Gasteiger partial charge >= 0.3 is 0 Å². The third kappa shape index (κ3) is 3.74. The fourth-order valence-corrected chi connectivity index (χ4v) is 1.86. The number of oxime groups is 1. The van der Waals surface area contributed by atoms with Crippen molar-refractivity contribution in [3.05, 3.63) is 32.4 Å². The van der Waals surface area contributed by atoms with Crippen LogP contribution in [-0.2, 0) is 0 Å². The summed E-state index contributed by atoms with van der Waals surface area (Å²) in [6.45, 7) is 1.62. The summed E-state index contributed by atoms with van der Waals surface area (Å²) in [4.78, 5) is 11.9. The number of benzene rings is 1. The molecule has 0 aliphatic rings. The Labute approximate surface area is 117 Å². The minimum Gasteiger partial charge on any atom is -0.409 e. The second-order valence-electron chi connectivity index (χ2n) is 3.34. The van der Waals surface area contributed by atoms with E-state index in [1.807, 2.05) is 22.6 Å². The van der Waals surface area contributed by atoms with Crippen molar-refractivity contribution in [1.82, 2.24) is 5.32 Å². The Kier molecular flexibility index (Phi) is 5.01. The first-order chi connectivity index (χ1) is 7.95. The first-order valence-corrected chi connectivity index (χ1v) is 6.14. The molecule has 1 atom stereocenters. The highest BCUT2D eigenvalue weighted by atomic mass is 127. The molecule has 0 bridgehead atoms. The molecule has 0 heterocycles. The molecule has 1 amide bonds. The van der Waals surface area contributed by atoms with Gasteiger partial charge in [-0.2, -0.15) is 0 Å². The van der Waals surface area contributed by atoms with E-state index in [4.69, 9.17) is 22.5 Å². The number of nitrogens with zero attached hydrogens (tertiary/aromatic N) is 1. The maximum Gasteiger partial charge on any atom is 0.252 e. The monoisotopic (exact) mass is 367 g/mol. The van der Waals surface area contributed by atoms with Crippen LogP contribution in [0.15, 0.2) is 23.4 Å². The molecule has 1 rings (SSSR count). The van der Waals surface area contributed by atoms with Gasteiger partial charge in [0.15, 0.2) is 5.84 Å². The molecule has 0 aromatic heterocycles.